The molecule has 0 unspecified atom stereocenters. The second-order valence-corrected chi connectivity index (χ2v) is 4.76. The number of carbonyl (C=O) groups is 2. The van der Waals surface area contributed by atoms with Crippen molar-refractivity contribution >= 4 is 23.2 Å². The summed E-state index contributed by atoms with van der Waals surface area (Å²) in [5.41, 5.74) is 5.85. The Bertz CT molecular complexity index is 419. The van der Waals surface area contributed by atoms with Crippen LogP contribution in [0.2, 0.25) is 0 Å². The van der Waals surface area contributed by atoms with Gasteiger partial charge in [0.25, 0.3) is 5.91 Å². The average molecular weight is 270 g/mol. The fraction of sp³-hybridized carbons (Fsp3) is 0.545. The molecule has 0 bridgehead atoms. The highest BCUT2D eigenvalue weighted by Crippen LogP contribution is 2.11. The van der Waals surface area contributed by atoms with Crippen LogP contribution in [-0.2, 0) is 11.2 Å². The Morgan fingerprint density at radius 1 is 1.56 bits per heavy atom. The Labute approximate surface area is 110 Å². The van der Waals surface area contributed by atoms with E-state index in [4.69, 9.17) is 5.73 Å². The molecule has 0 aromatic carbocycles. The summed E-state index contributed by atoms with van der Waals surface area (Å²) in [6.07, 6.45) is 0.971. The van der Waals surface area contributed by atoms with Crippen LogP contribution >= 0.6 is 11.3 Å². The van der Waals surface area contributed by atoms with Gasteiger partial charge in [-0.3, -0.25) is 9.59 Å². The number of carbonyl (C=O) groups excluding carboxylic acids is 2. The summed E-state index contributed by atoms with van der Waals surface area (Å²) in [6.45, 7) is 0.899. The Kier molecular flexibility index (Phi) is 5.73. The van der Waals surface area contributed by atoms with Gasteiger partial charge in [-0.05, 0) is 6.54 Å². The SMILES string of the molecule is CNC(=O)CCN(C)C(=O)c1csc(CCN)n1. The third kappa shape index (κ3) is 4.08. The molecule has 1 aromatic heterocycles. The van der Waals surface area contributed by atoms with Crippen molar-refractivity contribution in [1.82, 2.24) is 15.2 Å². The van der Waals surface area contributed by atoms with Crippen molar-refractivity contribution in [3.63, 3.8) is 0 Å². The molecule has 18 heavy (non-hydrogen) atoms. The lowest BCUT2D eigenvalue weighted by molar-refractivity contribution is -0.120. The summed E-state index contributed by atoms with van der Waals surface area (Å²) in [5.74, 6) is -0.254. The molecule has 0 aliphatic heterocycles. The second-order valence-electron chi connectivity index (χ2n) is 3.82. The van der Waals surface area contributed by atoms with Gasteiger partial charge in [0.2, 0.25) is 5.91 Å². The molecule has 1 aromatic rings. The Morgan fingerprint density at radius 2 is 2.28 bits per heavy atom. The van der Waals surface area contributed by atoms with Crippen molar-refractivity contribution in [2.75, 3.05) is 27.2 Å². The van der Waals surface area contributed by atoms with E-state index >= 15 is 0 Å². The van der Waals surface area contributed by atoms with E-state index in [1.165, 1.54) is 16.2 Å². The van der Waals surface area contributed by atoms with E-state index in [1.807, 2.05) is 0 Å². The third-order valence-corrected chi connectivity index (χ3v) is 3.34. The van der Waals surface area contributed by atoms with Gasteiger partial charge < -0.3 is 16.0 Å². The minimum Gasteiger partial charge on any atom is -0.359 e. The van der Waals surface area contributed by atoms with Crippen molar-refractivity contribution < 1.29 is 9.59 Å². The van der Waals surface area contributed by atoms with Gasteiger partial charge in [-0.15, -0.1) is 11.3 Å². The summed E-state index contributed by atoms with van der Waals surface area (Å²) in [5, 5.41) is 5.10. The molecule has 6 nitrogen and oxygen atoms in total. The number of nitrogens with one attached hydrogen (secondary N) is 1. The average Bonchev–Trinajstić information content (AvgIpc) is 2.83. The molecule has 0 radical (unpaired) electrons. The van der Waals surface area contributed by atoms with Gasteiger partial charge in [-0.2, -0.15) is 0 Å². The van der Waals surface area contributed by atoms with Crippen LogP contribution in [0.15, 0.2) is 5.38 Å². The lowest BCUT2D eigenvalue weighted by Crippen LogP contribution is -2.31. The van der Waals surface area contributed by atoms with Gasteiger partial charge >= 0.3 is 0 Å². The van der Waals surface area contributed by atoms with Gasteiger partial charge in [-0.1, -0.05) is 0 Å². The van der Waals surface area contributed by atoms with Crippen LogP contribution in [0.4, 0.5) is 0 Å². The number of hydrogen-bond acceptors (Lipinski definition) is 5. The highest BCUT2D eigenvalue weighted by atomic mass is 32.1. The molecule has 0 saturated carbocycles. The molecular weight excluding hydrogens is 252 g/mol. The van der Waals surface area contributed by atoms with E-state index in [-0.39, 0.29) is 11.8 Å². The first-order valence-corrected chi connectivity index (χ1v) is 6.57. The van der Waals surface area contributed by atoms with Crippen LogP contribution in [-0.4, -0.2) is 48.9 Å². The number of rotatable bonds is 6. The number of amides is 2. The predicted molar refractivity (Wildman–Crippen MR) is 70.5 cm³/mol. The molecule has 2 amide bonds. The first kappa shape index (κ1) is 14.6. The summed E-state index contributed by atoms with van der Waals surface area (Å²) in [7, 11) is 3.23. The van der Waals surface area contributed by atoms with E-state index in [0.29, 0.717) is 31.6 Å². The summed E-state index contributed by atoms with van der Waals surface area (Å²) in [6, 6.07) is 0. The predicted octanol–water partition coefficient (Wildman–Crippen LogP) is -0.148. The highest BCUT2D eigenvalue weighted by molar-refractivity contribution is 7.09. The maximum absolute atomic E-state index is 12.0. The minimum absolute atomic E-state index is 0.0863. The molecule has 0 saturated heterocycles. The van der Waals surface area contributed by atoms with Crippen molar-refractivity contribution in [2.24, 2.45) is 5.73 Å². The number of aromatic nitrogens is 1. The summed E-state index contributed by atoms with van der Waals surface area (Å²) >= 11 is 1.43. The molecular formula is C11H18N4O2S. The van der Waals surface area contributed by atoms with Gasteiger partial charge in [0.1, 0.15) is 5.69 Å². The molecule has 0 spiro atoms. The van der Waals surface area contributed by atoms with E-state index in [9.17, 15) is 9.59 Å². The van der Waals surface area contributed by atoms with Crippen LogP contribution < -0.4 is 11.1 Å². The van der Waals surface area contributed by atoms with Crippen molar-refractivity contribution in [3.8, 4) is 0 Å². The molecule has 1 rings (SSSR count). The molecule has 7 heteroatoms. The molecule has 1 heterocycles. The Hall–Kier alpha value is -1.47. The second kappa shape index (κ2) is 7.07. The fourth-order valence-electron chi connectivity index (χ4n) is 1.34. The van der Waals surface area contributed by atoms with Crippen LogP contribution in [0.3, 0.4) is 0 Å². The lowest BCUT2D eigenvalue weighted by atomic mass is 10.3. The van der Waals surface area contributed by atoms with Crippen LogP contribution in [0.1, 0.15) is 21.9 Å². The van der Waals surface area contributed by atoms with Crippen LogP contribution in [0.25, 0.3) is 0 Å². The molecule has 0 aliphatic carbocycles. The van der Waals surface area contributed by atoms with Gasteiger partial charge in [0.05, 0.1) is 5.01 Å². The van der Waals surface area contributed by atoms with Gasteiger partial charge in [0.15, 0.2) is 0 Å². The first-order valence-electron chi connectivity index (χ1n) is 5.69. The smallest absolute Gasteiger partial charge is 0.273 e. The van der Waals surface area contributed by atoms with E-state index < -0.39 is 0 Å². The first-order chi connectivity index (χ1) is 8.58. The van der Waals surface area contributed by atoms with Gasteiger partial charge in [0, 0.05) is 38.9 Å². The van der Waals surface area contributed by atoms with E-state index in [0.717, 1.165) is 5.01 Å². The number of nitrogens with two attached hydrogens (primary N) is 1. The van der Waals surface area contributed by atoms with Crippen LogP contribution in [0.5, 0.6) is 0 Å². The van der Waals surface area contributed by atoms with Crippen molar-refractivity contribution in [2.45, 2.75) is 12.8 Å². The van der Waals surface area contributed by atoms with E-state index in [1.54, 1.807) is 19.5 Å². The van der Waals surface area contributed by atoms with Crippen molar-refractivity contribution in [3.05, 3.63) is 16.1 Å². The van der Waals surface area contributed by atoms with Gasteiger partial charge in [-0.25, -0.2) is 4.98 Å². The van der Waals surface area contributed by atoms with Crippen molar-refractivity contribution in [1.29, 1.82) is 0 Å². The molecule has 100 valence electrons. The van der Waals surface area contributed by atoms with Crippen LogP contribution in [0, 0.1) is 0 Å². The molecule has 0 atom stereocenters. The monoisotopic (exact) mass is 270 g/mol. The fourth-order valence-corrected chi connectivity index (χ4v) is 2.13. The topological polar surface area (TPSA) is 88.3 Å². The normalized spacial score (nSPS) is 10.2. The summed E-state index contributed by atoms with van der Waals surface area (Å²) < 4.78 is 0. The number of hydrogen-bond donors (Lipinski definition) is 2. The standard InChI is InChI=1S/C11H18N4O2S/c1-13-9(16)4-6-15(2)11(17)8-7-18-10(14-8)3-5-12/h7H,3-6,12H2,1-2H3,(H,13,16). The zero-order valence-corrected chi connectivity index (χ0v) is 11.4. The Balaban J connectivity index is 2.54. The maximum Gasteiger partial charge on any atom is 0.273 e. The molecule has 3 N–H and O–H groups in total. The zero-order chi connectivity index (χ0) is 13.5. The molecule has 0 fully saturated rings. The number of nitrogens with zero attached hydrogens (tertiary/aromatic N) is 2. The van der Waals surface area contributed by atoms with E-state index in [2.05, 4.69) is 10.3 Å². The lowest BCUT2D eigenvalue weighted by Gasteiger charge is -2.14. The third-order valence-electron chi connectivity index (χ3n) is 2.43. The highest BCUT2D eigenvalue weighted by Gasteiger charge is 2.15. The maximum atomic E-state index is 12.0. The number of thiazole rings is 1. The zero-order valence-electron chi connectivity index (χ0n) is 10.6. The minimum atomic E-state index is -0.168. The summed E-state index contributed by atoms with van der Waals surface area (Å²) in [4.78, 5) is 28.8. The Morgan fingerprint density at radius 3 is 2.89 bits per heavy atom. The quantitative estimate of drug-likeness (QED) is 0.752. The molecule has 0 aliphatic rings. The largest absolute Gasteiger partial charge is 0.359 e.